The van der Waals surface area contributed by atoms with Gasteiger partial charge in [0.25, 0.3) is 0 Å². The van der Waals surface area contributed by atoms with Crippen molar-refractivity contribution >= 4 is 23.6 Å². The van der Waals surface area contributed by atoms with Crippen LogP contribution in [0.4, 0.5) is 5.69 Å². The molecule has 2 aliphatic rings. The number of aromatic nitrogens is 2. The molecule has 0 bridgehead atoms. The van der Waals surface area contributed by atoms with Gasteiger partial charge in [0.05, 0.1) is 37.0 Å². The number of fused-ring (bicyclic) bond motifs is 1. The first-order valence-corrected chi connectivity index (χ1v) is 9.60. The van der Waals surface area contributed by atoms with E-state index in [4.69, 9.17) is 4.74 Å². The minimum absolute atomic E-state index is 0.0899. The fraction of sp³-hybridized carbons (Fsp3) is 0.381. The third kappa shape index (κ3) is 3.99. The predicted molar refractivity (Wildman–Crippen MR) is 105 cm³/mol. The summed E-state index contributed by atoms with van der Waals surface area (Å²) in [6.07, 6.45) is 9.61. The molecule has 0 aliphatic carbocycles. The van der Waals surface area contributed by atoms with Gasteiger partial charge in [-0.1, -0.05) is 24.3 Å². The zero-order chi connectivity index (χ0) is 19.5. The molecule has 28 heavy (non-hydrogen) atoms. The lowest BCUT2D eigenvalue weighted by molar-refractivity contribution is -0.129. The van der Waals surface area contributed by atoms with Crippen molar-refractivity contribution in [1.29, 1.82) is 0 Å². The molecular weight excluding hydrogens is 356 g/mol. The molecule has 3 heterocycles. The van der Waals surface area contributed by atoms with Crippen LogP contribution in [0.15, 0.2) is 42.9 Å². The molecule has 7 nitrogen and oxygen atoms in total. The van der Waals surface area contributed by atoms with Crippen LogP contribution in [-0.4, -0.2) is 39.2 Å². The van der Waals surface area contributed by atoms with Gasteiger partial charge in [-0.25, -0.2) is 0 Å². The van der Waals surface area contributed by atoms with Gasteiger partial charge in [0.1, 0.15) is 0 Å². The van der Waals surface area contributed by atoms with Crippen molar-refractivity contribution < 1.29 is 14.3 Å². The number of benzene rings is 1. The lowest BCUT2D eigenvalue weighted by Gasteiger charge is -2.32. The third-order valence-electron chi connectivity index (χ3n) is 5.18. The highest BCUT2D eigenvalue weighted by Gasteiger charge is 2.28. The SMILES string of the molecule is CC(=O)N1C=Cc2ccccc2C1CC(=O)Nc1cnn(CC2CCCO2)c1. The summed E-state index contributed by atoms with van der Waals surface area (Å²) >= 11 is 0. The average molecular weight is 380 g/mol. The number of nitrogens with zero attached hydrogens (tertiary/aromatic N) is 3. The summed E-state index contributed by atoms with van der Waals surface area (Å²) in [5.41, 5.74) is 2.66. The molecule has 0 saturated carbocycles. The predicted octanol–water partition coefficient (Wildman–Crippen LogP) is 2.96. The molecule has 4 rings (SSSR count). The van der Waals surface area contributed by atoms with Crippen molar-refractivity contribution in [2.45, 2.75) is 44.9 Å². The largest absolute Gasteiger partial charge is 0.376 e. The quantitative estimate of drug-likeness (QED) is 0.865. The molecule has 2 atom stereocenters. The van der Waals surface area contributed by atoms with Crippen LogP contribution in [0.5, 0.6) is 0 Å². The molecule has 0 radical (unpaired) electrons. The number of hydrogen-bond donors (Lipinski definition) is 1. The topological polar surface area (TPSA) is 76.5 Å². The first-order valence-electron chi connectivity index (χ1n) is 9.60. The van der Waals surface area contributed by atoms with Crippen molar-refractivity contribution in [2.75, 3.05) is 11.9 Å². The lowest BCUT2D eigenvalue weighted by atomic mass is 9.93. The Labute approximate surface area is 164 Å². The van der Waals surface area contributed by atoms with Crippen molar-refractivity contribution in [3.8, 4) is 0 Å². The molecule has 0 spiro atoms. The molecule has 2 unspecified atom stereocenters. The Balaban J connectivity index is 1.43. The van der Waals surface area contributed by atoms with Crippen molar-refractivity contribution in [3.63, 3.8) is 0 Å². The number of hydrogen-bond acceptors (Lipinski definition) is 4. The number of amides is 2. The normalized spacial score (nSPS) is 20.8. The summed E-state index contributed by atoms with van der Waals surface area (Å²) in [5.74, 6) is -0.244. The van der Waals surface area contributed by atoms with Crippen LogP contribution in [0.2, 0.25) is 0 Å². The van der Waals surface area contributed by atoms with Gasteiger partial charge in [-0.05, 0) is 30.0 Å². The van der Waals surface area contributed by atoms with E-state index in [-0.39, 0.29) is 30.4 Å². The highest BCUT2D eigenvalue weighted by atomic mass is 16.5. The smallest absolute Gasteiger partial charge is 0.226 e. The molecule has 1 fully saturated rings. The summed E-state index contributed by atoms with van der Waals surface area (Å²) in [6, 6.07) is 7.51. The van der Waals surface area contributed by atoms with Crippen LogP contribution in [0, 0.1) is 0 Å². The second kappa shape index (κ2) is 7.98. The van der Waals surface area contributed by atoms with Gasteiger partial charge >= 0.3 is 0 Å². The van der Waals surface area contributed by atoms with Gasteiger partial charge in [-0.2, -0.15) is 5.10 Å². The highest BCUT2D eigenvalue weighted by molar-refractivity contribution is 5.91. The summed E-state index contributed by atoms with van der Waals surface area (Å²) in [7, 11) is 0. The highest BCUT2D eigenvalue weighted by Crippen LogP contribution is 2.33. The van der Waals surface area contributed by atoms with E-state index < -0.39 is 0 Å². The van der Waals surface area contributed by atoms with Crippen molar-refractivity contribution in [1.82, 2.24) is 14.7 Å². The van der Waals surface area contributed by atoms with E-state index in [0.29, 0.717) is 12.2 Å². The van der Waals surface area contributed by atoms with Crippen LogP contribution in [0.25, 0.3) is 6.08 Å². The summed E-state index contributed by atoms with van der Waals surface area (Å²) < 4.78 is 7.42. The maximum atomic E-state index is 12.7. The Bertz CT molecular complexity index is 899. The lowest BCUT2D eigenvalue weighted by Crippen LogP contribution is -2.33. The van der Waals surface area contributed by atoms with Crippen LogP contribution in [-0.2, 0) is 20.9 Å². The van der Waals surface area contributed by atoms with Crippen LogP contribution in [0.1, 0.15) is 43.4 Å². The van der Waals surface area contributed by atoms with Crippen LogP contribution >= 0.6 is 0 Å². The van der Waals surface area contributed by atoms with Crippen molar-refractivity contribution in [3.05, 3.63) is 54.0 Å². The maximum Gasteiger partial charge on any atom is 0.226 e. The molecule has 1 aromatic heterocycles. The van der Waals surface area contributed by atoms with Gasteiger partial charge < -0.3 is 15.0 Å². The summed E-state index contributed by atoms with van der Waals surface area (Å²) in [6.45, 7) is 3.01. The van der Waals surface area contributed by atoms with E-state index in [2.05, 4.69) is 10.4 Å². The van der Waals surface area contributed by atoms with Crippen LogP contribution in [0.3, 0.4) is 0 Å². The van der Waals surface area contributed by atoms with Gasteiger partial charge in [0, 0.05) is 25.9 Å². The van der Waals surface area contributed by atoms with E-state index in [0.717, 1.165) is 30.6 Å². The third-order valence-corrected chi connectivity index (χ3v) is 5.18. The number of rotatable bonds is 5. The fourth-order valence-electron chi connectivity index (χ4n) is 3.83. The standard InChI is InChI=1S/C21H24N4O3/c1-15(26)25-9-8-16-5-2-3-7-19(16)20(25)11-21(27)23-17-12-22-24(13-17)14-18-6-4-10-28-18/h2-3,5,7-9,12-13,18,20H,4,6,10-11,14H2,1H3,(H,23,27). The maximum absolute atomic E-state index is 12.7. The van der Waals surface area contributed by atoms with E-state index in [1.165, 1.54) is 6.92 Å². The van der Waals surface area contributed by atoms with E-state index >= 15 is 0 Å². The molecule has 2 amide bonds. The molecule has 146 valence electrons. The Morgan fingerprint density at radius 2 is 2.18 bits per heavy atom. The second-order valence-corrected chi connectivity index (χ2v) is 7.23. The molecule has 2 aliphatic heterocycles. The zero-order valence-corrected chi connectivity index (χ0v) is 15.9. The average Bonchev–Trinajstić information content (AvgIpc) is 3.34. The molecule has 7 heteroatoms. The monoisotopic (exact) mass is 380 g/mol. The molecule has 1 aromatic carbocycles. The summed E-state index contributed by atoms with van der Waals surface area (Å²) in [5, 5.41) is 7.20. The van der Waals surface area contributed by atoms with Crippen molar-refractivity contribution in [2.24, 2.45) is 0 Å². The first-order chi connectivity index (χ1) is 13.6. The number of anilines is 1. The molecule has 1 saturated heterocycles. The van der Waals surface area contributed by atoms with Gasteiger partial charge in [0.15, 0.2) is 0 Å². The van der Waals surface area contributed by atoms with Gasteiger partial charge in [0.2, 0.25) is 11.8 Å². The number of ether oxygens (including phenoxy) is 1. The molecular formula is C21H24N4O3. The van der Waals surface area contributed by atoms with E-state index in [1.807, 2.05) is 36.5 Å². The Morgan fingerprint density at radius 1 is 1.32 bits per heavy atom. The molecule has 1 N–H and O–H groups in total. The number of carbonyl (C=O) groups excluding carboxylic acids is 2. The van der Waals surface area contributed by atoms with E-state index in [1.54, 1.807) is 22.0 Å². The fourth-order valence-corrected chi connectivity index (χ4v) is 3.83. The second-order valence-electron chi connectivity index (χ2n) is 7.23. The van der Waals surface area contributed by atoms with Crippen LogP contribution < -0.4 is 5.32 Å². The molecule has 2 aromatic rings. The number of carbonyl (C=O) groups is 2. The Hall–Kier alpha value is -2.93. The first kappa shape index (κ1) is 18.4. The van der Waals surface area contributed by atoms with Gasteiger partial charge in [-0.15, -0.1) is 0 Å². The Kier molecular flexibility index (Phi) is 5.25. The zero-order valence-electron chi connectivity index (χ0n) is 15.9. The number of nitrogens with one attached hydrogen (secondary N) is 1. The minimum atomic E-state index is -0.319. The minimum Gasteiger partial charge on any atom is -0.376 e. The Morgan fingerprint density at radius 3 is 2.96 bits per heavy atom. The van der Waals surface area contributed by atoms with Gasteiger partial charge in [-0.3, -0.25) is 14.3 Å². The summed E-state index contributed by atoms with van der Waals surface area (Å²) in [4.78, 5) is 26.3. The van der Waals surface area contributed by atoms with E-state index in [9.17, 15) is 9.59 Å².